The molecule has 0 spiro atoms. The van der Waals surface area contributed by atoms with E-state index in [9.17, 15) is 21.6 Å². The molecule has 134 valence electrons. The van der Waals surface area contributed by atoms with Crippen LogP contribution in [0.2, 0.25) is 0 Å². The molecule has 1 aromatic carbocycles. The van der Waals surface area contributed by atoms with Crippen molar-refractivity contribution < 1.29 is 21.6 Å². The Balaban J connectivity index is 2.12. The number of hydrogen-bond acceptors (Lipinski definition) is 6. The molecule has 1 amide bonds. The van der Waals surface area contributed by atoms with Gasteiger partial charge in [0.2, 0.25) is 15.9 Å². The topological polar surface area (TPSA) is 104 Å². The second kappa shape index (κ2) is 7.18. The first-order valence-electron chi connectivity index (χ1n) is 7.37. The molecule has 0 aromatic heterocycles. The monoisotopic (exact) mass is 375 g/mol. The van der Waals surface area contributed by atoms with Gasteiger partial charge in [-0.15, -0.1) is 0 Å². The minimum Gasteiger partial charge on any atom is -0.339 e. The quantitative estimate of drug-likeness (QED) is 0.718. The van der Waals surface area contributed by atoms with Gasteiger partial charge in [-0.05, 0) is 24.3 Å². The number of benzene rings is 1. The standard InChI is InChI=1S/C14H21N3O5S2/c1-16(11-14(18)17-9-7-15-8-10-17)24(21,22)13-5-3-12(4-6-13)23(2,19)20/h3-6,15H,7-11H2,1-2H3. The molecule has 0 saturated carbocycles. The first kappa shape index (κ1) is 18.8. The summed E-state index contributed by atoms with van der Waals surface area (Å²) in [5.74, 6) is -0.254. The zero-order valence-corrected chi connectivity index (χ0v) is 15.2. The third kappa shape index (κ3) is 4.32. The summed E-state index contributed by atoms with van der Waals surface area (Å²) in [6, 6.07) is 4.96. The summed E-state index contributed by atoms with van der Waals surface area (Å²) in [5.41, 5.74) is 0. The van der Waals surface area contributed by atoms with Crippen molar-refractivity contribution in [3.8, 4) is 0 Å². The van der Waals surface area contributed by atoms with Crippen LogP contribution in [-0.2, 0) is 24.7 Å². The molecule has 1 fully saturated rings. The lowest BCUT2D eigenvalue weighted by atomic mass is 10.3. The molecule has 2 rings (SSSR count). The number of piperazine rings is 1. The minimum absolute atomic E-state index is 0.0426. The summed E-state index contributed by atoms with van der Waals surface area (Å²) in [7, 11) is -5.92. The minimum atomic E-state index is -3.86. The molecule has 10 heteroatoms. The molecular formula is C14H21N3O5S2. The lowest BCUT2D eigenvalue weighted by Crippen LogP contribution is -2.49. The summed E-state index contributed by atoms with van der Waals surface area (Å²) >= 11 is 0. The number of sulfonamides is 1. The molecule has 0 atom stereocenters. The van der Waals surface area contributed by atoms with Crippen LogP contribution in [0.15, 0.2) is 34.1 Å². The number of likely N-dealkylation sites (N-methyl/N-ethyl adjacent to an activating group) is 1. The van der Waals surface area contributed by atoms with E-state index in [0.29, 0.717) is 26.2 Å². The number of nitrogens with one attached hydrogen (secondary N) is 1. The average Bonchev–Trinajstić information content (AvgIpc) is 2.54. The van der Waals surface area contributed by atoms with Gasteiger partial charge < -0.3 is 10.2 Å². The molecule has 8 nitrogen and oxygen atoms in total. The van der Waals surface area contributed by atoms with Gasteiger partial charge in [0.1, 0.15) is 0 Å². The second-order valence-electron chi connectivity index (χ2n) is 5.64. The van der Waals surface area contributed by atoms with E-state index in [1.54, 1.807) is 4.90 Å². The van der Waals surface area contributed by atoms with E-state index in [4.69, 9.17) is 0 Å². The van der Waals surface area contributed by atoms with Gasteiger partial charge >= 0.3 is 0 Å². The maximum atomic E-state index is 12.5. The molecule has 1 aromatic rings. The third-order valence-corrected chi connectivity index (χ3v) is 6.73. The predicted molar refractivity (Wildman–Crippen MR) is 88.8 cm³/mol. The summed E-state index contributed by atoms with van der Waals surface area (Å²) in [5, 5.41) is 3.12. The average molecular weight is 375 g/mol. The molecule has 1 aliphatic rings. The van der Waals surface area contributed by atoms with Crippen molar-refractivity contribution in [2.75, 3.05) is 46.0 Å². The summed E-state index contributed by atoms with van der Waals surface area (Å²) in [6.07, 6.45) is 1.05. The molecule has 24 heavy (non-hydrogen) atoms. The van der Waals surface area contributed by atoms with Crippen LogP contribution in [0.5, 0.6) is 0 Å². The molecule has 0 radical (unpaired) electrons. The first-order valence-corrected chi connectivity index (χ1v) is 10.7. The highest BCUT2D eigenvalue weighted by Gasteiger charge is 2.26. The Morgan fingerprint density at radius 1 is 1.08 bits per heavy atom. The zero-order valence-electron chi connectivity index (χ0n) is 13.6. The fraction of sp³-hybridized carbons (Fsp3) is 0.500. The smallest absolute Gasteiger partial charge is 0.243 e. The Hall–Kier alpha value is -1.49. The van der Waals surface area contributed by atoms with E-state index in [0.717, 1.165) is 10.6 Å². The third-order valence-electron chi connectivity index (χ3n) is 3.79. The Morgan fingerprint density at radius 3 is 2.08 bits per heavy atom. The Morgan fingerprint density at radius 2 is 1.58 bits per heavy atom. The van der Waals surface area contributed by atoms with Crippen LogP contribution in [-0.4, -0.2) is 78.0 Å². The highest BCUT2D eigenvalue weighted by Crippen LogP contribution is 2.17. The fourth-order valence-electron chi connectivity index (χ4n) is 2.33. The summed E-state index contributed by atoms with van der Waals surface area (Å²) < 4.78 is 48.9. The second-order valence-corrected chi connectivity index (χ2v) is 9.70. The molecule has 1 aliphatic heterocycles. The van der Waals surface area contributed by atoms with E-state index in [-0.39, 0.29) is 22.2 Å². The molecule has 1 saturated heterocycles. The fourth-order valence-corrected chi connectivity index (χ4v) is 4.08. The van der Waals surface area contributed by atoms with Crippen molar-refractivity contribution in [1.82, 2.24) is 14.5 Å². The summed E-state index contributed by atoms with van der Waals surface area (Å²) in [4.78, 5) is 13.8. The van der Waals surface area contributed by atoms with Gasteiger partial charge in [0.25, 0.3) is 0 Å². The molecule has 0 aliphatic carbocycles. The normalized spacial score (nSPS) is 16.4. The van der Waals surface area contributed by atoms with E-state index < -0.39 is 19.9 Å². The Bertz CT molecular complexity index is 797. The van der Waals surface area contributed by atoms with Gasteiger partial charge in [0.15, 0.2) is 9.84 Å². The van der Waals surface area contributed by atoms with Crippen molar-refractivity contribution in [3.05, 3.63) is 24.3 Å². The predicted octanol–water partition coefficient (Wildman–Crippen LogP) is -0.858. The van der Waals surface area contributed by atoms with Crippen LogP contribution in [0.1, 0.15) is 0 Å². The van der Waals surface area contributed by atoms with E-state index >= 15 is 0 Å². The van der Waals surface area contributed by atoms with Crippen LogP contribution in [0.3, 0.4) is 0 Å². The largest absolute Gasteiger partial charge is 0.339 e. The number of carbonyl (C=O) groups excluding carboxylic acids is 1. The SMILES string of the molecule is CN(CC(=O)N1CCNCC1)S(=O)(=O)c1ccc(S(C)(=O)=O)cc1. The Kier molecular flexibility index (Phi) is 5.63. The van der Waals surface area contributed by atoms with Gasteiger partial charge in [0.05, 0.1) is 16.3 Å². The van der Waals surface area contributed by atoms with Crippen LogP contribution in [0.4, 0.5) is 0 Å². The highest BCUT2D eigenvalue weighted by atomic mass is 32.2. The number of nitrogens with zero attached hydrogens (tertiary/aromatic N) is 2. The lowest BCUT2D eigenvalue weighted by Gasteiger charge is -2.29. The first-order chi connectivity index (χ1) is 11.1. The van der Waals surface area contributed by atoms with Gasteiger partial charge in [-0.1, -0.05) is 0 Å². The van der Waals surface area contributed by atoms with Crippen LogP contribution in [0, 0.1) is 0 Å². The maximum Gasteiger partial charge on any atom is 0.243 e. The van der Waals surface area contributed by atoms with Gasteiger partial charge in [-0.25, -0.2) is 16.8 Å². The van der Waals surface area contributed by atoms with Gasteiger partial charge in [-0.3, -0.25) is 4.79 Å². The van der Waals surface area contributed by atoms with E-state index in [1.807, 2.05) is 0 Å². The molecular weight excluding hydrogens is 354 g/mol. The van der Waals surface area contributed by atoms with Crippen LogP contribution in [0.25, 0.3) is 0 Å². The van der Waals surface area contributed by atoms with Crippen LogP contribution >= 0.6 is 0 Å². The van der Waals surface area contributed by atoms with Crippen molar-refractivity contribution in [3.63, 3.8) is 0 Å². The number of rotatable bonds is 5. The van der Waals surface area contributed by atoms with Crippen LogP contribution < -0.4 is 5.32 Å². The number of amides is 1. The maximum absolute atomic E-state index is 12.5. The molecule has 1 N–H and O–H groups in total. The van der Waals surface area contributed by atoms with Crippen molar-refractivity contribution >= 4 is 25.8 Å². The molecule has 0 unspecified atom stereocenters. The number of hydrogen-bond donors (Lipinski definition) is 1. The van der Waals surface area contributed by atoms with Crippen molar-refractivity contribution in [2.45, 2.75) is 9.79 Å². The van der Waals surface area contributed by atoms with E-state index in [2.05, 4.69) is 5.32 Å². The van der Waals surface area contributed by atoms with Gasteiger partial charge in [-0.2, -0.15) is 4.31 Å². The highest BCUT2D eigenvalue weighted by molar-refractivity contribution is 7.90. The lowest BCUT2D eigenvalue weighted by molar-refractivity contribution is -0.131. The number of sulfone groups is 1. The Labute approximate surface area is 142 Å². The molecule has 0 bridgehead atoms. The number of carbonyl (C=O) groups is 1. The summed E-state index contributed by atoms with van der Waals surface area (Å²) in [6.45, 7) is 2.23. The molecule has 1 heterocycles. The van der Waals surface area contributed by atoms with Crippen molar-refractivity contribution in [1.29, 1.82) is 0 Å². The van der Waals surface area contributed by atoms with E-state index in [1.165, 1.54) is 31.3 Å². The van der Waals surface area contributed by atoms with Gasteiger partial charge in [0, 0.05) is 39.5 Å². The zero-order chi connectivity index (χ0) is 18.0. The van der Waals surface area contributed by atoms with Crippen molar-refractivity contribution in [2.24, 2.45) is 0 Å².